The third-order valence-corrected chi connectivity index (χ3v) is 3.45. The third kappa shape index (κ3) is 2.93. The van der Waals surface area contributed by atoms with Gasteiger partial charge in [0.15, 0.2) is 5.13 Å². The molecule has 1 unspecified atom stereocenters. The number of carbonyl (C=O) groups is 1. The first-order valence-corrected chi connectivity index (χ1v) is 6.95. The highest BCUT2D eigenvalue weighted by Crippen LogP contribution is 2.34. The number of ether oxygens (including phenoxy) is 1. The van der Waals surface area contributed by atoms with Crippen LogP contribution in [0.1, 0.15) is 45.3 Å². The molecular weight excluding hydrogens is 250 g/mol. The van der Waals surface area contributed by atoms with Crippen LogP contribution in [0.3, 0.4) is 0 Å². The molecule has 2 N–H and O–H groups in total. The minimum atomic E-state index is -0.467. The van der Waals surface area contributed by atoms with Crippen molar-refractivity contribution in [1.82, 2.24) is 9.88 Å². The van der Waals surface area contributed by atoms with Crippen LogP contribution in [0.2, 0.25) is 0 Å². The number of likely N-dealkylation sites (tertiary alicyclic amines) is 1. The van der Waals surface area contributed by atoms with Crippen molar-refractivity contribution in [3.8, 4) is 0 Å². The predicted molar refractivity (Wildman–Crippen MR) is 71.4 cm³/mol. The quantitative estimate of drug-likeness (QED) is 0.851. The van der Waals surface area contributed by atoms with Gasteiger partial charge in [-0.1, -0.05) is 0 Å². The second-order valence-corrected chi connectivity index (χ2v) is 6.33. The number of hydrogen-bond donors (Lipinski definition) is 1. The fourth-order valence-electron chi connectivity index (χ4n) is 2.07. The average molecular weight is 269 g/mol. The number of aromatic nitrogens is 1. The standard InChI is InChI=1S/C12H19N3O2S/c1-12(2,3)17-11(16)15-6-4-5-9(15)8-7-18-10(13)14-8/h7,9H,4-6H2,1-3H3,(H2,13,14). The predicted octanol–water partition coefficient (Wildman–Crippen LogP) is 2.80. The molecule has 0 bridgehead atoms. The van der Waals surface area contributed by atoms with Gasteiger partial charge in [-0.05, 0) is 33.6 Å². The van der Waals surface area contributed by atoms with E-state index in [1.54, 1.807) is 4.90 Å². The molecule has 5 nitrogen and oxygen atoms in total. The van der Waals surface area contributed by atoms with Crippen LogP contribution in [0.15, 0.2) is 5.38 Å². The van der Waals surface area contributed by atoms with E-state index in [0.29, 0.717) is 5.13 Å². The van der Waals surface area contributed by atoms with Crippen LogP contribution < -0.4 is 5.73 Å². The molecule has 0 aliphatic carbocycles. The number of amides is 1. The summed E-state index contributed by atoms with van der Waals surface area (Å²) in [5.41, 5.74) is 6.05. The number of anilines is 1. The van der Waals surface area contributed by atoms with E-state index >= 15 is 0 Å². The first kappa shape index (κ1) is 13.1. The van der Waals surface area contributed by atoms with Crippen molar-refractivity contribution in [3.63, 3.8) is 0 Å². The Hall–Kier alpha value is -1.30. The van der Waals surface area contributed by atoms with Gasteiger partial charge in [0.1, 0.15) is 5.60 Å². The van der Waals surface area contributed by atoms with E-state index in [2.05, 4.69) is 4.98 Å². The van der Waals surface area contributed by atoms with Crippen LogP contribution in [0, 0.1) is 0 Å². The molecule has 1 saturated heterocycles. The summed E-state index contributed by atoms with van der Waals surface area (Å²) in [5, 5.41) is 2.46. The smallest absolute Gasteiger partial charge is 0.410 e. The topological polar surface area (TPSA) is 68.5 Å². The fourth-order valence-corrected chi connectivity index (χ4v) is 2.68. The Balaban J connectivity index is 2.10. The number of nitrogens with two attached hydrogens (primary N) is 1. The monoisotopic (exact) mass is 269 g/mol. The van der Waals surface area contributed by atoms with Crippen LogP contribution >= 0.6 is 11.3 Å². The molecule has 1 amide bonds. The first-order valence-electron chi connectivity index (χ1n) is 6.07. The molecule has 1 aliphatic heterocycles. The lowest BCUT2D eigenvalue weighted by atomic mass is 10.2. The third-order valence-electron chi connectivity index (χ3n) is 2.76. The van der Waals surface area contributed by atoms with Crippen molar-refractivity contribution >= 4 is 22.6 Å². The highest BCUT2D eigenvalue weighted by molar-refractivity contribution is 7.13. The number of hydrogen-bond acceptors (Lipinski definition) is 5. The van der Waals surface area contributed by atoms with Gasteiger partial charge in [0.25, 0.3) is 0 Å². The maximum atomic E-state index is 12.1. The summed E-state index contributed by atoms with van der Waals surface area (Å²) < 4.78 is 5.41. The second kappa shape index (κ2) is 4.76. The van der Waals surface area contributed by atoms with Gasteiger partial charge in [0, 0.05) is 11.9 Å². The molecule has 0 saturated carbocycles. The van der Waals surface area contributed by atoms with Gasteiger partial charge >= 0.3 is 6.09 Å². The minimum absolute atomic E-state index is 0.00778. The minimum Gasteiger partial charge on any atom is -0.444 e. The van der Waals surface area contributed by atoms with E-state index in [-0.39, 0.29) is 12.1 Å². The molecule has 6 heteroatoms. The van der Waals surface area contributed by atoms with E-state index in [4.69, 9.17) is 10.5 Å². The summed E-state index contributed by atoms with van der Waals surface area (Å²) in [5.74, 6) is 0. The van der Waals surface area contributed by atoms with Gasteiger partial charge in [0.2, 0.25) is 0 Å². The Morgan fingerprint density at radius 3 is 2.89 bits per heavy atom. The number of rotatable bonds is 1. The zero-order valence-corrected chi connectivity index (χ0v) is 11.8. The second-order valence-electron chi connectivity index (χ2n) is 5.44. The van der Waals surface area contributed by atoms with Crippen molar-refractivity contribution in [1.29, 1.82) is 0 Å². The number of nitrogens with zero attached hydrogens (tertiary/aromatic N) is 2. The first-order chi connectivity index (χ1) is 8.37. The van der Waals surface area contributed by atoms with Gasteiger partial charge in [0.05, 0.1) is 11.7 Å². The summed E-state index contributed by atoms with van der Waals surface area (Å²) in [6.45, 7) is 6.33. The molecule has 1 aromatic heterocycles. The van der Waals surface area contributed by atoms with Crippen molar-refractivity contribution in [2.75, 3.05) is 12.3 Å². The molecule has 100 valence electrons. The van der Waals surface area contributed by atoms with E-state index in [9.17, 15) is 4.79 Å². The molecule has 0 aromatic carbocycles. The maximum Gasteiger partial charge on any atom is 0.410 e. The lowest BCUT2D eigenvalue weighted by Gasteiger charge is -2.27. The van der Waals surface area contributed by atoms with Crippen molar-refractivity contribution in [2.45, 2.75) is 45.3 Å². The molecule has 1 atom stereocenters. The summed E-state index contributed by atoms with van der Waals surface area (Å²) in [7, 11) is 0. The highest BCUT2D eigenvalue weighted by atomic mass is 32.1. The Kier molecular flexibility index (Phi) is 3.47. The van der Waals surface area contributed by atoms with Crippen LogP contribution in [0.25, 0.3) is 0 Å². The summed E-state index contributed by atoms with van der Waals surface area (Å²) in [6, 6.07) is 0.00778. The molecular formula is C12H19N3O2S. The van der Waals surface area contributed by atoms with Crippen LogP contribution in [0.5, 0.6) is 0 Å². The molecule has 1 aliphatic rings. The largest absolute Gasteiger partial charge is 0.444 e. The molecule has 1 fully saturated rings. The van der Waals surface area contributed by atoms with E-state index in [0.717, 1.165) is 25.1 Å². The highest BCUT2D eigenvalue weighted by Gasteiger charge is 2.34. The van der Waals surface area contributed by atoms with Crippen LogP contribution in [-0.2, 0) is 4.74 Å². The molecule has 1 aromatic rings. The van der Waals surface area contributed by atoms with E-state index < -0.39 is 5.60 Å². The number of carbonyl (C=O) groups excluding carboxylic acids is 1. The molecule has 2 heterocycles. The van der Waals surface area contributed by atoms with Gasteiger partial charge < -0.3 is 10.5 Å². The Morgan fingerprint density at radius 1 is 1.61 bits per heavy atom. The lowest BCUT2D eigenvalue weighted by molar-refractivity contribution is 0.0222. The summed E-state index contributed by atoms with van der Waals surface area (Å²) in [6.07, 6.45) is 1.63. The zero-order chi connectivity index (χ0) is 13.3. The van der Waals surface area contributed by atoms with Crippen molar-refractivity contribution < 1.29 is 9.53 Å². The summed E-state index contributed by atoms with van der Waals surface area (Å²) >= 11 is 1.41. The van der Waals surface area contributed by atoms with Crippen LogP contribution in [0.4, 0.5) is 9.93 Å². The number of thiazole rings is 1. The summed E-state index contributed by atoms with van der Waals surface area (Å²) in [4.78, 5) is 18.1. The average Bonchev–Trinajstić information content (AvgIpc) is 2.81. The van der Waals surface area contributed by atoms with Gasteiger partial charge in [-0.15, -0.1) is 11.3 Å². The van der Waals surface area contributed by atoms with Crippen LogP contribution in [-0.4, -0.2) is 28.1 Å². The molecule has 2 rings (SSSR count). The fraction of sp³-hybridized carbons (Fsp3) is 0.667. The lowest BCUT2D eigenvalue weighted by Crippen LogP contribution is -2.36. The molecule has 0 radical (unpaired) electrons. The van der Waals surface area contributed by atoms with Gasteiger partial charge in [-0.25, -0.2) is 9.78 Å². The Labute approximate surface area is 111 Å². The van der Waals surface area contributed by atoms with E-state index in [1.807, 2.05) is 26.2 Å². The molecule has 18 heavy (non-hydrogen) atoms. The van der Waals surface area contributed by atoms with Gasteiger partial charge in [-0.2, -0.15) is 0 Å². The number of nitrogen functional groups attached to an aromatic ring is 1. The molecule has 0 spiro atoms. The SMILES string of the molecule is CC(C)(C)OC(=O)N1CCCC1c1csc(N)n1. The van der Waals surface area contributed by atoms with Gasteiger partial charge in [-0.3, -0.25) is 4.90 Å². The van der Waals surface area contributed by atoms with E-state index in [1.165, 1.54) is 11.3 Å². The normalized spacial score (nSPS) is 20.2. The Bertz CT molecular complexity index is 439. The Morgan fingerprint density at radius 2 is 2.33 bits per heavy atom. The zero-order valence-electron chi connectivity index (χ0n) is 11.0. The van der Waals surface area contributed by atoms with Crippen molar-refractivity contribution in [2.24, 2.45) is 0 Å². The van der Waals surface area contributed by atoms with Crippen molar-refractivity contribution in [3.05, 3.63) is 11.1 Å². The maximum absolute atomic E-state index is 12.1.